The molecule has 1 rings (SSSR count). The molecular formula is C11H25N3O2S. The molecule has 6 heteroatoms. The molecule has 102 valence electrons. The van der Waals surface area contributed by atoms with Gasteiger partial charge in [0.15, 0.2) is 0 Å². The van der Waals surface area contributed by atoms with E-state index in [1.54, 1.807) is 4.31 Å². The van der Waals surface area contributed by atoms with E-state index in [9.17, 15) is 8.42 Å². The maximum atomic E-state index is 12.0. The molecule has 0 aromatic heterocycles. The van der Waals surface area contributed by atoms with E-state index >= 15 is 0 Å². The lowest BCUT2D eigenvalue weighted by atomic mass is 9.90. The van der Waals surface area contributed by atoms with Gasteiger partial charge in [-0.3, -0.25) is 0 Å². The summed E-state index contributed by atoms with van der Waals surface area (Å²) in [6.45, 7) is 6.37. The molecule has 1 saturated heterocycles. The maximum absolute atomic E-state index is 12.0. The molecule has 1 heterocycles. The van der Waals surface area contributed by atoms with E-state index < -0.39 is 10.2 Å². The minimum Gasteiger partial charge on any atom is -0.330 e. The van der Waals surface area contributed by atoms with Crippen LogP contribution in [0.4, 0.5) is 0 Å². The molecular weight excluding hydrogens is 238 g/mol. The first-order valence-electron chi connectivity index (χ1n) is 6.32. The van der Waals surface area contributed by atoms with Crippen molar-refractivity contribution >= 4 is 10.2 Å². The molecule has 0 aromatic carbocycles. The van der Waals surface area contributed by atoms with Crippen molar-refractivity contribution in [1.82, 2.24) is 9.03 Å². The number of hydrogen-bond acceptors (Lipinski definition) is 3. The van der Waals surface area contributed by atoms with Crippen LogP contribution in [0.3, 0.4) is 0 Å². The summed E-state index contributed by atoms with van der Waals surface area (Å²) in [5, 5.41) is 0. The van der Waals surface area contributed by atoms with E-state index in [1.165, 1.54) is 0 Å². The first-order valence-corrected chi connectivity index (χ1v) is 7.76. The minimum absolute atomic E-state index is 0.0857. The van der Waals surface area contributed by atoms with Crippen molar-refractivity contribution in [1.29, 1.82) is 0 Å². The Kier molecular flexibility index (Phi) is 5.37. The maximum Gasteiger partial charge on any atom is 0.279 e. The van der Waals surface area contributed by atoms with Gasteiger partial charge in [-0.2, -0.15) is 12.7 Å². The van der Waals surface area contributed by atoms with Crippen LogP contribution in [0.2, 0.25) is 0 Å². The van der Waals surface area contributed by atoms with Gasteiger partial charge in [0.25, 0.3) is 10.2 Å². The smallest absolute Gasteiger partial charge is 0.279 e. The molecule has 0 bridgehead atoms. The van der Waals surface area contributed by atoms with Crippen molar-refractivity contribution in [2.75, 3.05) is 26.2 Å². The highest BCUT2D eigenvalue weighted by atomic mass is 32.2. The lowest BCUT2D eigenvalue weighted by molar-refractivity contribution is 0.316. The number of nitrogens with one attached hydrogen (secondary N) is 1. The Morgan fingerprint density at radius 1 is 1.24 bits per heavy atom. The summed E-state index contributed by atoms with van der Waals surface area (Å²) in [7, 11) is -3.29. The molecule has 3 N–H and O–H groups in total. The van der Waals surface area contributed by atoms with E-state index in [4.69, 9.17) is 5.73 Å². The zero-order valence-electron chi connectivity index (χ0n) is 10.9. The second kappa shape index (κ2) is 6.13. The van der Waals surface area contributed by atoms with Crippen LogP contribution < -0.4 is 10.5 Å². The van der Waals surface area contributed by atoms with Gasteiger partial charge in [-0.25, -0.2) is 4.72 Å². The fourth-order valence-electron chi connectivity index (χ4n) is 1.96. The lowest BCUT2D eigenvalue weighted by Gasteiger charge is -2.29. The van der Waals surface area contributed by atoms with Crippen molar-refractivity contribution in [3.63, 3.8) is 0 Å². The molecule has 17 heavy (non-hydrogen) atoms. The average Bonchev–Trinajstić information content (AvgIpc) is 2.28. The van der Waals surface area contributed by atoms with Crippen molar-refractivity contribution in [2.24, 2.45) is 11.1 Å². The first-order chi connectivity index (χ1) is 7.87. The van der Waals surface area contributed by atoms with E-state index in [1.807, 2.05) is 13.8 Å². The SMILES string of the molecule is CC(C)(CCN)CNS(=O)(=O)N1CCCCC1. The van der Waals surface area contributed by atoms with Crippen LogP contribution in [0, 0.1) is 5.41 Å². The summed E-state index contributed by atoms with van der Waals surface area (Å²) in [4.78, 5) is 0. The highest BCUT2D eigenvalue weighted by Gasteiger charge is 2.26. The second-order valence-electron chi connectivity index (χ2n) is 5.49. The molecule has 0 aliphatic carbocycles. The third-order valence-electron chi connectivity index (χ3n) is 3.21. The van der Waals surface area contributed by atoms with Gasteiger partial charge < -0.3 is 5.73 Å². The van der Waals surface area contributed by atoms with Crippen LogP contribution >= 0.6 is 0 Å². The number of nitrogens with two attached hydrogens (primary N) is 1. The predicted molar refractivity (Wildman–Crippen MR) is 69.8 cm³/mol. The van der Waals surface area contributed by atoms with Crippen molar-refractivity contribution in [3.05, 3.63) is 0 Å². The van der Waals surface area contributed by atoms with E-state index in [0.29, 0.717) is 26.2 Å². The summed E-state index contributed by atoms with van der Waals surface area (Å²) in [5.41, 5.74) is 5.42. The zero-order valence-corrected chi connectivity index (χ0v) is 11.7. The monoisotopic (exact) mass is 263 g/mol. The number of hydrogen-bond donors (Lipinski definition) is 2. The topological polar surface area (TPSA) is 75.4 Å². The van der Waals surface area contributed by atoms with E-state index in [2.05, 4.69) is 4.72 Å². The van der Waals surface area contributed by atoms with Crippen molar-refractivity contribution < 1.29 is 8.42 Å². The van der Waals surface area contributed by atoms with Gasteiger partial charge in [-0.15, -0.1) is 0 Å². The molecule has 1 aliphatic rings. The second-order valence-corrected chi connectivity index (χ2v) is 7.24. The molecule has 1 fully saturated rings. The van der Waals surface area contributed by atoms with Crippen molar-refractivity contribution in [2.45, 2.75) is 39.5 Å². The van der Waals surface area contributed by atoms with Crippen LogP contribution in [0.1, 0.15) is 39.5 Å². The fraction of sp³-hybridized carbons (Fsp3) is 1.00. The average molecular weight is 263 g/mol. The summed E-state index contributed by atoms with van der Waals surface area (Å²) in [5.74, 6) is 0. The van der Waals surface area contributed by atoms with Gasteiger partial charge in [0, 0.05) is 19.6 Å². The largest absolute Gasteiger partial charge is 0.330 e. The molecule has 0 spiro atoms. The Morgan fingerprint density at radius 3 is 2.35 bits per heavy atom. The number of rotatable bonds is 6. The number of piperidine rings is 1. The molecule has 0 amide bonds. The van der Waals surface area contributed by atoms with Gasteiger partial charge in [0.1, 0.15) is 0 Å². The Balaban J connectivity index is 2.49. The van der Waals surface area contributed by atoms with Gasteiger partial charge >= 0.3 is 0 Å². The standard InChI is InChI=1S/C11H25N3O2S/c1-11(2,6-7-12)10-13-17(15,16)14-8-4-3-5-9-14/h13H,3-10,12H2,1-2H3. The summed E-state index contributed by atoms with van der Waals surface area (Å²) in [6, 6.07) is 0. The summed E-state index contributed by atoms with van der Waals surface area (Å²) < 4.78 is 28.3. The van der Waals surface area contributed by atoms with E-state index in [0.717, 1.165) is 25.7 Å². The Morgan fingerprint density at radius 2 is 1.82 bits per heavy atom. The highest BCUT2D eigenvalue weighted by Crippen LogP contribution is 2.19. The molecule has 0 unspecified atom stereocenters. The van der Waals surface area contributed by atoms with Gasteiger partial charge in [0.05, 0.1) is 0 Å². The van der Waals surface area contributed by atoms with Gasteiger partial charge in [0.2, 0.25) is 0 Å². The summed E-state index contributed by atoms with van der Waals surface area (Å²) >= 11 is 0. The van der Waals surface area contributed by atoms with Crippen LogP contribution in [-0.4, -0.2) is 38.9 Å². The molecule has 0 saturated carbocycles. The minimum atomic E-state index is -3.29. The molecule has 0 aromatic rings. The van der Waals surface area contributed by atoms with E-state index in [-0.39, 0.29) is 5.41 Å². The van der Waals surface area contributed by atoms with Crippen LogP contribution in [0.15, 0.2) is 0 Å². The predicted octanol–water partition coefficient (Wildman–Crippen LogP) is 0.682. The van der Waals surface area contributed by atoms with Crippen molar-refractivity contribution in [3.8, 4) is 0 Å². The first kappa shape index (κ1) is 14.9. The normalized spacial score (nSPS) is 19.5. The fourth-order valence-corrected chi connectivity index (χ4v) is 3.46. The summed E-state index contributed by atoms with van der Waals surface area (Å²) in [6.07, 6.45) is 3.88. The van der Waals surface area contributed by atoms with Crippen LogP contribution in [0.25, 0.3) is 0 Å². The third kappa shape index (κ3) is 4.91. The Hall–Kier alpha value is -0.170. The third-order valence-corrected chi connectivity index (χ3v) is 4.76. The molecule has 0 atom stereocenters. The number of nitrogens with zero attached hydrogens (tertiary/aromatic N) is 1. The molecule has 1 aliphatic heterocycles. The van der Waals surface area contributed by atoms with Crippen LogP contribution in [0.5, 0.6) is 0 Å². The molecule has 5 nitrogen and oxygen atoms in total. The van der Waals surface area contributed by atoms with Crippen LogP contribution in [-0.2, 0) is 10.2 Å². The zero-order chi connectivity index (χ0) is 12.9. The molecule has 0 radical (unpaired) electrons. The quantitative estimate of drug-likeness (QED) is 0.740. The lowest BCUT2D eigenvalue weighted by Crippen LogP contribution is -2.46. The highest BCUT2D eigenvalue weighted by molar-refractivity contribution is 7.87. The van der Waals surface area contributed by atoms with Gasteiger partial charge in [-0.1, -0.05) is 20.3 Å². The van der Waals surface area contributed by atoms with Gasteiger partial charge in [-0.05, 0) is 31.2 Å². The Bertz CT molecular complexity index is 322. The Labute approximate surface area is 105 Å².